The fraction of sp³-hybridized carbons (Fsp3) is 0.308. The molecule has 3 N–H and O–H groups in total. The van der Waals surface area contributed by atoms with Gasteiger partial charge in [0.2, 0.25) is 5.91 Å². The van der Waals surface area contributed by atoms with E-state index in [2.05, 4.69) is 11.2 Å². The molecule has 1 amide bonds. The Morgan fingerprint density at radius 1 is 1.47 bits per heavy atom. The first-order valence-electron chi connectivity index (χ1n) is 5.35. The summed E-state index contributed by atoms with van der Waals surface area (Å²) in [6, 6.07) is 7.39. The minimum Gasteiger partial charge on any atom is -0.398 e. The summed E-state index contributed by atoms with van der Waals surface area (Å²) in [7, 11) is 0. The van der Waals surface area contributed by atoms with Crippen LogP contribution in [0.15, 0.2) is 24.3 Å². The van der Waals surface area contributed by atoms with E-state index in [9.17, 15) is 4.79 Å². The Kier molecular flexibility index (Phi) is 6.05. The molecule has 0 aliphatic rings. The van der Waals surface area contributed by atoms with Crippen molar-refractivity contribution in [3.63, 3.8) is 0 Å². The number of benzene rings is 1. The van der Waals surface area contributed by atoms with Gasteiger partial charge in [-0.1, -0.05) is 24.1 Å². The minimum atomic E-state index is -0.00999. The lowest BCUT2D eigenvalue weighted by molar-refractivity contribution is -0.120. The summed E-state index contributed by atoms with van der Waals surface area (Å²) < 4.78 is 0. The summed E-state index contributed by atoms with van der Waals surface area (Å²) in [4.78, 5) is 11.6. The largest absolute Gasteiger partial charge is 0.398 e. The fourth-order valence-corrected chi connectivity index (χ4v) is 1.83. The molecular formula is C13H16N2OS. The van der Waals surface area contributed by atoms with Crippen molar-refractivity contribution in [3.05, 3.63) is 29.8 Å². The van der Waals surface area contributed by atoms with Gasteiger partial charge in [0.1, 0.15) is 0 Å². The van der Waals surface area contributed by atoms with E-state index in [-0.39, 0.29) is 5.91 Å². The quantitative estimate of drug-likeness (QED) is 0.453. The number of nitrogens with one attached hydrogen (secondary N) is 1. The molecule has 90 valence electrons. The van der Waals surface area contributed by atoms with Crippen LogP contribution in [0.2, 0.25) is 0 Å². The van der Waals surface area contributed by atoms with Crippen molar-refractivity contribution in [1.29, 1.82) is 0 Å². The number of hydrogen-bond donors (Lipinski definition) is 2. The highest BCUT2D eigenvalue weighted by atomic mass is 32.2. The van der Waals surface area contributed by atoms with Crippen molar-refractivity contribution in [1.82, 2.24) is 5.32 Å². The van der Waals surface area contributed by atoms with E-state index in [1.807, 2.05) is 18.2 Å². The highest BCUT2D eigenvalue weighted by Gasteiger charge is 2.04. The number of para-hydroxylation sites is 1. The number of amides is 1. The molecule has 0 fully saturated rings. The van der Waals surface area contributed by atoms with Crippen LogP contribution in [-0.2, 0) is 11.2 Å². The molecule has 0 unspecified atom stereocenters. The summed E-state index contributed by atoms with van der Waals surface area (Å²) in [5, 5.41) is 2.83. The van der Waals surface area contributed by atoms with Crippen molar-refractivity contribution < 1.29 is 4.79 Å². The molecule has 0 aliphatic heterocycles. The third kappa shape index (κ3) is 5.32. The van der Waals surface area contributed by atoms with Crippen molar-refractivity contribution in [2.24, 2.45) is 0 Å². The van der Waals surface area contributed by atoms with Gasteiger partial charge in [0.05, 0.1) is 12.2 Å². The Morgan fingerprint density at radius 3 is 2.94 bits per heavy atom. The summed E-state index contributed by atoms with van der Waals surface area (Å²) in [6.45, 7) is 0.637. The van der Waals surface area contributed by atoms with E-state index in [1.54, 1.807) is 17.8 Å². The topological polar surface area (TPSA) is 55.1 Å². The van der Waals surface area contributed by atoms with E-state index in [4.69, 9.17) is 12.2 Å². The normalized spacial score (nSPS) is 9.59. The standard InChI is InChI=1S/C13H16N2OS/c1-2-8-17-9-7-15-13(16)10-11-5-3-4-6-12(11)14/h1,3-6H,7-10,14H2,(H,15,16). The van der Waals surface area contributed by atoms with Gasteiger partial charge in [0, 0.05) is 18.0 Å². The van der Waals surface area contributed by atoms with Gasteiger partial charge in [-0.05, 0) is 11.6 Å². The van der Waals surface area contributed by atoms with Crippen LogP contribution in [0.4, 0.5) is 5.69 Å². The van der Waals surface area contributed by atoms with E-state index >= 15 is 0 Å². The molecular weight excluding hydrogens is 232 g/mol. The molecule has 0 radical (unpaired) electrons. The highest BCUT2D eigenvalue weighted by molar-refractivity contribution is 7.99. The number of carbonyl (C=O) groups is 1. The number of nitrogen functional groups attached to an aromatic ring is 1. The molecule has 1 aromatic rings. The van der Waals surface area contributed by atoms with Crippen molar-refractivity contribution in [3.8, 4) is 12.3 Å². The summed E-state index contributed by atoms with van der Waals surface area (Å²) >= 11 is 1.63. The van der Waals surface area contributed by atoms with Gasteiger partial charge in [0.25, 0.3) is 0 Å². The molecule has 1 rings (SSSR count). The molecule has 0 saturated heterocycles. The second-order valence-electron chi connectivity index (χ2n) is 3.48. The van der Waals surface area contributed by atoms with Gasteiger partial charge < -0.3 is 11.1 Å². The van der Waals surface area contributed by atoms with Crippen molar-refractivity contribution >= 4 is 23.4 Å². The van der Waals surface area contributed by atoms with Crippen LogP contribution in [0, 0.1) is 12.3 Å². The van der Waals surface area contributed by atoms with Crippen LogP contribution in [0.25, 0.3) is 0 Å². The van der Waals surface area contributed by atoms with Gasteiger partial charge in [-0.2, -0.15) is 0 Å². The zero-order chi connectivity index (χ0) is 12.5. The predicted octanol–water partition coefficient (Wildman–Crippen LogP) is 1.29. The van der Waals surface area contributed by atoms with Crippen LogP contribution in [0.1, 0.15) is 5.56 Å². The highest BCUT2D eigenvalue weighted by Crippen LogP contribution is 2.10. The zero-order valence-corrected chi connectivity index (χ0v) is 10.4. The molecule has 0 saturated carbocycles. The maximum atomic E-state index is 11.6. The Morgan fingerprint density at radius 2 is 2.24 bits per heavy atom. The first kappa shape index (κ1) is 13.5. The Labute approximate surface area is 106 Å². The molecule has 0 spiro atoms. The van der Waals surface area contributed by atoms with Crippen LogP contribution >= 0.6 is 11.8 Å². The average molecular weight is 248 g/mol. The van der Waals surface area contributed by atoms with Gasteiger partial charge >= 0.3 is 0 Å². The first-order valence-corrected chi connectivity index (χ1v) is 6.51. The zero-order valence-electron chi connectivity index (χ0n) is 9.61. The number of thioether (sulfide) groups is 1. The second-order valence-corrected chi connectivity index (χ2v) is 4.59. The van der Waals surface area contributed by atoms with Crippen LogP contribution < -0.4 is 11.1 Å². The van der Waals surface area contributed by atoms with Crippen molar-refractivity contribution in [2.45, 2.75) is 6.42 Å². The van der Waals surface area contributed by atoms with Gasteiger partial charge in [-0.3, -0.25) is 4.79 Å². The maximum absolute atomic E-state index is 11.6. The SMILES string of the molecule is C#CCSCCNC(=O)Cc1ccccc1N. The third-order valence-electron chi connectivity index (χ3n) is 2.16. The third-order valence-corrected chi connectivity index (χ3v) is 3.02. The first-order chi connectivity index (χ1) is 8.24. The van der Waals surface area contributed by atoms with Crippen LogP contribution in [-0.4, -0.2) is 24.0 Å². The lowest BCUT2D eigenvalue weighted by atomic mass is 10.1. The average Bonchev–Trinajstić information content (AvgIpc) is 2.32. The van der Waals surface area contributed by atoms with Gasteiger partial charge in [-0.15, -0.1) is 18.2 Å². The number of rotatable bonds is 6. The Bertz CT molecular complexity index is 412. The number of hydrogen-bond acceptors (Lipinski definition) is 3. The fourth-order valence-electron chi connectivity index (χ4n) is 1.32. The van der Waals surface area contributed by atoms with E-state index in [0.717, 1.165) is 11.3 Å². The molecule has 1 aromatic carbocycles. The number of nitrogens with two attached hydrogens (primary N) is 1. The monoisotopic (exact) mass is 248 g/mol. The Balaban J connectivity index is 2.26. The maximum Gasteiger partial charge on any atom is 0.224 e. The summed E-state index contributed by atoms with van der Waals surface area (Å²) in [5.41, 5.74) is 7.28. The molecule has 0 heterocycles. The molecule has 0 bridgehead atoms. The predicted molar refractivity (Wildman–Crippen MR) is 73.7 cm³/mol. The van der Waals surface area contributed by atoms with E-state index in [1.165, 1.54) is 0 Å². The van der Waals surface area contributed by atoms with Crippen LogP contribution in [0.3, 0.4) is 0 Å². The van der Waals surface area contributed by atoms with Crippen LogP contribution in [0.5, 0.6) is 0 Å². The molecule has 17 heavy (non-hydrogen) atoms. The van der Waals surface area contributed by atoms with E-state index < -0.39 is 0 Å². The van der Waals surface area contributed by atoms with Gasteiger partial charge in [0.15, 0.2) is 0 Å². The minimum absolute atomic E-state index is 0.00999. The van der Waals surface area contributed by atoms with E-state index in [0.29, 0.717) is 24.4 Å². The summed E-state index contributed by atoms with van der Waals surface area (Å²) in [5.74, 6) is 4.04. The number of anilines is 1. The van der Waals surface area contributed by atoms with Gasteiger partial charge in [-0.25, -0.2) is 0 Å². The smallest absolute Gasteiger partial charge is 0.224 e. The lowest BCUT2D eigenvalue weighted by Gasteiger charge is -2.06. The molecule has 0 atom stereocenters. The Hall–Kier alpha value is -1.60. The summed E-state index contributed by atoms with van der Waals surface area (Å²) in [6.07, 6.45) is 5.44. The molecule has 0 aromatic heterocycles. The second kappa shape index (κ2) is 7.64. The number of terminal acetylenes is 1. The molecule has 4 heteroatoms. The van der Waals surface area contributed by atoms with Crippen molar-refractivity contribution in [2.75, 3.05) is 23.8 Å². The lowest BCUT2D eigenvalue weighted by Crippen LogP contribution is -2.27. The molecule has 3 nitrogen and oxygen atoms in total. The number of carbonyl (C=O) groups excluding carboxylic acids is 1. The molecule has 0 aliphatic carbocycles.